The Morgan fingerprint density at radius 1 is 1.03 bits per heavy atom. The minimum atomic E-state index is -0.960. The number of anilines is 1. The SMILES string of the molecule is O=C(NC1CCCC1)[C@@H](c1cccs1)N(C(=O)Cn1nnc(-c2ccc(F)cc2)n1)c1ccc(F)cc1. The maximum Gasteiger partial charge on any atom is 0.251 e. The van der Waals surface area contributed by atoms with Crippen LogP contribution >= 0.6 is 11.3 Å². The molecule has 0 bridgehead atoms. The molecule has 0 saturated heterocycles. The summed E-state index contributed by atoms with van der Waals surface area (Å²) in [4.78, 5) is 30.5. The summed E-state index contributed by atoms with van der Waals surface area (Å²) in [6.45, 7) is -0.315. The molecule has 0 unspecified atom stereocenters. The van der Waals surface area contributed by atoms with Crippen molar-refractivity contribution in [3.63, 3.8) is 0 Å². The lowest BCUT2D eigenvalue weighted by molar-refractivity contribution is -0.127. The van der Waals surface area contributed by atoms with Crippen molar-refractivity contribution < 1.29 is 18.4 Å². The van der Waals surface area contributed by atoms with E-state index < -0.39 is 23.6 Å². The van der Waals surface area contributed by atoms with Crippen LogP contribution in [0.25, 0.3) is 11.4 Å². The molecule has 0 aliphatic heterocycles. The number of tetrazole rings is 1. The van der Waals surface area contributed by atoms with Gasteiger partial charge in [-0.25, -0.2) is 8.78 Å². The fourth-order valence-corrected chi connectivity index (χ4v) is 5.24. The van der Waals surface area contributed by atoms with E-state index in [0.29, 0.717) is 16.1 Å². The first-order valence-electron chi connectivity index (χ1n) is 11.9. The van der Waals surface area contributed by atoms with Gasteiger partial charge in [-0.1, -0.05) is 18.9 Å². The van der Waals surface area contributed by atoms with E-state index in [0.717, 1.165) is 30.5 Å². The highest BCUT2D eigenvalue weighted by Crippen LogP contribution is 2.32. The minimum absolute atomic E-state index is 0.0513. The molecule has 190 valence electrons. The van der Waals surface area contributed by atoms with Crippen LogP contribution < -0.4 is 10.2 Å². The Balaban J connectivity index is 1.46. The molecule has 4 aromatic rings. The molecule has 5 rings (SSSR count). The van der Waals surface area contributed by atoms with E-state index in [1.807, 2.05) is 11.4 Å². The molecular weight excluding hydrogens is 498 g/mol. The van der Waals surface area contributed by atoms with Crippen molar-refractivity contribution in [1.29, 1.82) is 0 Å². The Morgan fingerprint density at radius 2 is 1.70 bits per heavy atom. The van der Waals surface area contributed by atoms with Gasteiger partial charge in [0, 0.05) is 22.2 Å². The molecule has 1 fully saturated rings. The number of benzene rings is 2. The van der Waals surface area contributed by atoms with Gasteiger partial charge in [0.05, 0.1) is 0 Å². The number of halogens is 2. The number of carbonyl (C=O) groups excluding carboxylic acids is 2. The van der Waals surface area contributed by atoms with Gasteiger partial charge in [0.2, 0.25) is 11.7 Å². The molecule has 2 aromatic carbocycles. The van der Waals surface area contributed by atoms with Crippen LogP contribution in [0.1, 0.15) is 36.6 Å². The number of thiophene rings is 1. The Hall–Kier alpha value is -3.99. The number of amides is 2. The molecule has 1 aliphatic carbocycles. The fraction of sp³-hybridized carbons (Fsp3) is 0.269. The topological polar surface area (TPSA) is 93.0 Å². The summed E-state index contributed by atoms with van der Waals surface area (Å²) in [7, 11) is 0. The number of nitrogens with zero attached hydrogens (tertiary/aromatic N) is 5. The zero-order valence-electron chi connectivity index (χ0n) is 19.8. The van der Waals surface area contributed by atoms with E-state index in [1.54, 1.807) is 6.07 Å². The normalized spacial score (nSPS) is 14.4. The van der Waals surface area contributed by atoms with Crippen LogP contribution in [0.5, 0.6) is 0 Å². The van der Waals surface area contributed by atoms with Gasteiger partial charge in [-0.05, 0) is 78.0 Å². The van der Waals surface area contributed by atoms with Crippen molar-refractivity contribution in [2.24, 2.45) is 0 Å². The summed E-state index contributed by atoms with van der Waals surface area (Å²) >= 11 is 1.36. The van der Waals surface area contributed by atoms with Crippen molar-refractivity contribution in [3.05, 3.63) is 82.6 Å². The number of rotatable bonds is 8. The van der Waals surface area contributed by atoms with E-state index in [9.17, 15) is 18.4 Å². The lowest BCUT2D eigenvalue weighted by atomic mass is 10.1. The van der Waals surface area contributed by atoms with Gasteiger partial charge in [0.25, 0.3) is 5.91 Å². The van der Waals surface area contributed by atoms with Crippen LogP contribution in [0, 0.1) is 11.6 Å². The van der Waals surface area contributed by atoms with Crippen molar-refractivity contribution in [1.82, 2.24) is 25.5 Å². The fourth-order valence-electron chi connectivity index (χ4n) is 4.43. The Kier molecular flexibility index (Phi) is 7.31. The molecular formula is C26H24F2N6O2S. The van der Waals surface area contributed by atoms with Gasteiger partial charge in [-0.15, -0.1) is 21.5 Å². The number of hydrogen-bond donors (Lipinski definition) is 1. The second-order valence-corrected chi connectivity index (χ2v) is 9.78. The van der Waals surface area contributed by atoms with Crippen LogP contribution in [0.15, 0.2) is 66.0 Å². The standard InChI is InChI=1S/C26H24F2N6O2S/c27-18-9-7-17(8-10-18)25-30-32-33(31-25)16-23(35)34(21-13-11-19(28)12-14-21)24(22-6-3-15-37-22)26(36)29-20-4-1-2-5-20/h3,6-15,20,24H,1-2,4-5,16H2,(H,29,36)/t24-/m1/s1. The van der Waals surface area contributed by atoms with Crippen LogP contribution in [0.3, 0.4) is 0 Å². The molecule has 2 heterocycles. The third kappa shape index (κ3) is 5.72. The van der Waals surface area contributed by atoms with Crippen molar-refractivity contribution in [2.45, 2.75) is 44.3 Å². The second kappa shape index (κ2) is 11.0. The van der Waals surface area contributed by atoms with E-state index in [2.05, 4.69) is 20.7 Å². The number of carbonyl (C=O) groups is 2. The monoisotopic (exact) mass is 522 g/mol. The van der Waals surface area contributed by atoms with Crippen LogP contribution in [-0.4, -0.2) is 38.1 Å². The smallest absolute Gasteiger partial charge is 0.251 e. The van der Waals surface area contributed by atoms with Crippen molar-refractivity contribution >= 4 is 28.8 Å². The highest BCUT2D eigenvalue weighted by Gasteiger charge is 2.35. The van der Waals surface area contributed by atoms with Crippen LogP contribution in [-0.2, 0) is 16.1 Å². The first-order chi connectivity index (χ1) is 18.0. The second-order valence-electron chi connectivity index (χ2n) is 8.80. The van der Waals surface area contributed by atoms with E-state index in [1.165, 1.54) is 64.8 Å². The van der Waals surface area contributed by atoms with Gasteiger partial charge in [0.1, 0.15) is 24.2 Å². The maximum atomic E-state index is 13.8. The number of nitrogens with one attached hydrogen (secondary N) is 1. The van der Waals surface area contributed by atoms with E-state index in [-0.39, 0.29) is 24.3 Å². The molecule has 8 nitrogen and oxygen atoms in total. The molecule has 37 heavy (non-hydrogen) atoms. The van der Waals surface area contributed by atoms with Gasteiger partial charge >= 0.3 is 0 Å². The summed E-state index contributed by atoms with van der Waals surface area (Å²) in [5.41, 5.74) is 0.910. The molecule has 11 heteroatoms. The average molecular weight is 523 g/mol. The molecule has 1 saturated carbocycles. The summed E-state index contributed by atoms with van der Waals surface area (Å²) in [6, 6.07) is 13.7. The quantitative estimate of drug-likeness (QED) is 0.368. The van der Waals surface area contributed by atoms with Crippen LogP contribution in [0.2, 0.25) is 0 Å². The van der Waals surface area contributed by atoms with Gasteiger partial charge < -0.3 is 5.32 Å². The maximum absolute atomic E-state index is 13.8. The molecule has 2 amide bonds. The minimum Gasteiger partial charge on any atom is -0.351 e. The predicted octanol–water partition coefficient (Wildman–Crippen LogP) is 4.51. The van der Waals surface area contributed by atoms with Gasteiger partial charge in [-0.3, -0.25) is 14.5 Å². The molecule has 0 spiro atoms. The number of aromatic nitrogens is 4. The zero-order chi connectivity index (χ0) is 25.8. The van der Waals surface area contributed by atoms with E-state index >= 15 is 0 Å². The third-order valence-corrected chi connectivity index (χ3v) is 7.15. The van der Waals surface area contributed by atoms with Crippen molar-refractivity contribution in [2.75, 3.05) is 4.90 Å². The Labute approximate surface area is 215 Å². The average Bonchev–Trinajstić information content (AvgIpc) is 3.67. The molecule has 1 aliphatic rings. The lowest BCUT2D eigenvalue weighted by Crippen LogP contribution is -2.47. The van der Waals surface area contributed by atoms with Gasteiger partial charge in [0.15, 0.2) is 0 Å². The predicted molar refractivity (Wildman–Crippen MR) is 135 cm³/mol. The summed E-state index contributed by atoms with van der Waals surface area (Å²) < 4.78 is 27.0. The largest absolute Gasteiger partial charge is 0.351 e. The summed E-state index contributed by atoms with van der Waals surface area (Å²) in [6.07, 6.45) is 3.87. The molecule has 1 atom stereocenters. The first-order valence-corrected chi connectivity index (χ1v) is 12.8. The Morgan fingerprint density at radius 3 is 2.35 bits per heavy atom. The number of hydrogen-bond acceptors (Lipinski definition) is 6. The van der Waals surface area contributed by atoms with Crippen molar-refractivity contribution in [3.8, 4) is 11.4 Å². The molecule has 1 N–H and O–H groups in total. The first kappa shape index (κ1) is 24.7. The molecule has 2 aromatic heterocycles. The van der Waals surface area contributed by atoms with E-state index in [4.69, 9.17) is 0 Å². The third-order valence-electron chi connectivity index (χ3n) is 6.23. The Bertz CT molecular complexity index is 1350. The highest BCUT2D eigenvalue weighted by molar-refractivity contribution is 7.10. The van der Waals surface area contributed by atoms with Gasteiger partial charge in [-0.2, -0.15) is 4.80 Å². The lowest BCUT2D eigenvalue weighted by Gasteiger charge is -2.31. The highest BCUT2D eigenvalue weighted by atomic mass is 32.1. The summed E-state index contributed by atoms with van der Waals surface area (Å²) in [5, 5.41) is 17.1. The van der Waals surface area contributed by atoms with Crippen LogP contribution in [0.4, 0.5) is 14.5 Å². The molecule has 0 radical (unpaired) electrons. The summed E-state index contributed by atoms with van der Waals surface area (Å²) in [5.74, 6) is -1.40. The zero-order valence-corrected chi connectivity index (χ0v) is 20.6.